The lowest BCUT2D eigenvalue weighted by Gasteiger charge is -2.13. The van der Waals surface area contributed by atoms with Crippen molar-refractivity contribution in [2.75, 3.05) is 11.9 Å². The minimum absolute atomic E-state index is 0. The molecule has 0 saturated carbocycles. The van der Waals surface area contributed by atoms with Crippen molar-refractivity contribution in [3.8, 4) is 11.5 Å². The number of ether oxygens (including phenoxy) is 3. The molecule has 0 aromatic heterocycles. The number of rotatable bonds is 14. The number of benzene rings is 4. The van der Waals surface area contributed by atoms with Crippen LogP contribution in [0, 0.1) is 33.6 Å². The topological polar surface area (TPSA) is 96.0 Å². The molecule has 8 heteroatoms. The van der Waals surface area contributed by atoms with Crippen molar-refractivity contribution >= 4 is 39.2 Å². The zero-order valence-electron chi connectivity index (χ0n) is 28.4. The summed E-state index contributed by atoms with van der Waals surface area (Å²) in [6, 6.07) is 26.4. The monoisotopic (exact) mass is 730 g/mol. The molecule has 4 rings (SSSR count). The van der Waals surface area contributed by atoms with Crippen LogP contribution < -0.4 is 9.47 Å². The second-order valence-corrected chi connectivity index (χ2v) is 12.0. The van der Waals surface area contributed by atoms with Gasteiger partial charge in [0, 0.05) is 17.5 Å². The van der Waals surface area contributed by atoms with E-state index in [-0.39, 0.29) is 37.8 Å². The molecule has 0 radical (unpaired) electrons. The Hall–Kier alpha value is -4.56. The van der Waals surface area contributed by atoms with Crippen LogP contribution in [0.3, 0.4) is 0 Å². The van der Waals surface area contributed by atoms with E-state index in [0.29, 0.717) is 35.4 Å². The van der Waals surface area contributed by atoms with Gasteiger partial charge in [-0.3, -0.25) is 19.2 Å². The first-order valence-corrected chi connectivity index (χ1v) is 16.9. The van der Waals surface area contributed by atoms with E-state index in [1.165, 1.54) is 23.6 Å². The molecule has 260 valence electrons. The van der Waals surface area contributed by atoms with Gasteiger partial charge in [0.05, 0.1) is 11.9 Å². The van der Waals surface area contributed by atoms with E-state index in [9.17, 15) is 19.2 Å². The van der Waals surface area contributed by atoms with E-state index >= 15 is 0 Å². The van der Waals surface area contributed by atoms with Gasteiger partial charge in [-0.2, -0.15) is 0 Å². The molecule has 0 fully saturated rings. The minimum atomic E-state index is -1.08. The summed E-state index contributed by atoms with van der Waals surface area (Å²) >= 11 is 3.18. The molecule has 1 atom stereocenters. The van der Waals surface area contributed by atoms with Gasteiger partial charge >= 0.3 is 5.97 Å². The molecule has 0 saturated heterocycles. The largest absolute Gasteiger partial charge is 0.489 e. The number of carbonyl (C=O) groups excluding carboxylic acids is 4. The van der Waals surface area contributed by atoms with Crippen LogP contribution in [0.5, 0.6) is 11.5 Å². The number of hydrogen-bond donors (Lipinski definition) is 0. The maximum atomic E-state index is 12.6. The van der Waals surface area contributed by atoms with Crippen LogP contribution in [-0.2, 0) is 27.5 Å². The molecule has 0 bridgehead atoms. The number of esters is 1. The molecule has 0 heterocycles. The fraction of sp³-hybridized carbons (Fsp3) is 0.317. The third-order valence-electron chi connectivity index (χ3n) is 7.94. The molecule has 49 heavy (non-hydrogen) atoms. The van der Waals surface area contributed by atoms with Crippen molar-refractivity contribution in [1.82, 2.24) is 0 Å². The van der Waals surface area contributed by atoms with Crippen LogP contribution in [0.2, 0.25) is 0 Å². The summed E-state index contributed by atoms with van der Waals surface area (Å²) < 4.78 is 16.6. The zero-order valence-corrected chi connectivity index (χ0v) is 30.0. The van der Waals surface area contributed by atoms with Gasteiger partial charge in [-0.15, -0.1) is 0 Å². The highest BCUT2D eigenvalue weighted by atomic mass is 79.9. The molecule has 0 amide bonds. The Balaban J connectivity index is 0.000000351. The third-order valence-corrected chi connectivity index (χ3v) is 8.45. The second-order valence-electron chi connectivity index (χ2n) is 11.5. The summed E-state index contributed by atoms with van der Waals surface area (Å²) in [4.78, 5) is 47.9. The lowest BCUT2D eigenvalue weighted by atomic mass is 9.95. The Morgan fingerprint density at radius 2 is 1.06 bits per heavy atom. The van der Waals surface area contributed by atoms with Gasteiger partial charge in [0.2, 0.25) is 0 Å². The Morgan fingerprint density at radius 1 is 0.653 bits per heavy atom. The van der Waals surface area contributed by atoms with Crippen molar-refractivity contribution in [1.29, 1.82) is 0 Å². The van der Waals surface area contributed by atoms with Crippen molar-refractivity contribution in [2.45, 2.75) is 68.6 Å². The highest BCUT2D eigenvalue weighted by Crippen LogP contribution is 2.22. The number of ketones is 3. The number of Topliss-reactive ketones (excluding diaryl/α,β-unsaturated/α-hetero) is 3. The lowest BCUT2D eigenvalue weighted by molar-refractivity contribution is -0.151. The molecule has 0 spiro atoms. The smallest absolute Gasteiger partial charge is 0.316 e. The quantitative estimate of drug-likeness (QED) is 0.0552. The first kappa shape index (κ1) is 40.6. The van der Waals surface area contributed by atoms with Crippen molar-refractivity contribution in [2.24, 2.45) is 5.92 Å². The molecule has 0 aliphatic heterocycles. The van der Waals surface area contributed by atoms with E-state index in [2.05, 4.69) is 41.9 Å². The lowest BCUT2D eigenvalue weighted by Crippen LogP contribution is -2.27. The Bertz CT molecular complexity index is 1700. The highest BCUT2D eigenvalue weighted by Gasteiger charge is 2.28. The Morgan fingerprint density at radius 3 is 1.45 bits per heavy atom. The fourth-order valence-electron chi connectivity index (χ4n) is 5.00. The Labute approximate surface area is 299 Å². The first-order valence-electron chi connectivity index (χ1n) is 15.8. The van der Waals surface area contributed by atoms with Gasteiger partial charge in [0.25, 0.3) is 0 Å². The molecule has 7 nitrogen and oxygen atoms in total. The molecule has 0 N–H and O–H groups in total. The molecular formula is C41H47BrO7. The third kappa shape index (κ3) is 12.1. The van der Waals surface area contributed by atoms with E-state index < -0.39 is 11.9 Å². The summed E-state index contributed by atoms with van der Waals surface area (Å²) in [6.07, 6.45) is -0.214. The maximum absolute atomic E-state index is 12.6. The predicted molar refractivity (Wildman–Crippen MR) is 198 cm³/mol. The average molecular weight is 732 g/mol. The van der Waals surface area contributed by atoms with Crippen LogP contribution in [0.4, 0.5) is 0 Å². The van der Waals surface area contributed by atoms with Crippen LogP contribution in [0.15, 0.2) is 84.9 Å². The SMILES string of the molecule is C.CCOC(=O)C(CC(=O)c1cccc(OCc2c(C)cccc2C)c1)C(C)=O.Cc1cccc(C)c1COc1cccc(C(=O)CBr)c1. The van der Waals surface area contributed by atoms with Crippen molar-refractivity contribution < 1.29 is 33.4 Å². The number of halogens is 1. The number of aryl methyl sites for hydroxylation is 4. The molecule has 0 aliphatic carbocycles. The maximum Gasteiger partial charge on any atom is 0.316 e. The van der Waals surface area contributed by atoms with Crippen LogP contribution in [-0.4, -0.2) is 35.3 Å². The van der Waals surface area contributed by atoms with Gasteiger partial charge in [-0.25, -0.2) is 0 Å². The van der Waals surface area contributed by atoms with Gasteiger partial charge in [-0.05, 0) is 99.2 Å². The zero-order chi connectivity index (χ0) is 35.2. The average Bonchev–Trinajstić information content (AvgIpc) is 3.06. The van der Waals surface area contributed by atoms with E-state index in [1.54, 1.807) is 43.3 Å². The predicted octanol–water partition coefficient (Wildman–Crippen LogP) is 9.32. The van der Waals surface area contributed by atoms with Gasteiger partial charge < -0.3 is 14.2 Å². The normalized spacial score (nSPS) is 10.8. The first-order chi connectivity index (χ1) is 22.9. The van der Waals surface area contributed by atoms with Crippen LogP contribution in [0.1, 0.15) is 81.8 Å². The van der Waals surface area contributed by atoms with E-state index in [4.69, 9.17) is 14.2 Å². The van der Waals surface area contributed by atoms with Crippen molar-refractivity contribution in [3.05, 3.63) is 129 Å². The van der Waals surface area contributed by atoms with E-state index in [0.717, 1.165) is 22.4 Å². The summed E-state index contributed by atoms with van der Waals surface area (Å²) in [6.45, 7) is 12.3. The standard InChI is InChI=1S/C23H26O5.C17H17BrO2.CH4/c1-5-27-23(26)20(17(4)24)13-22(25)18-10-7-11-19(12-18)28-14-21-15(2)8-6-9-16(21)3;1-12-5-3-6-13(2)16(12)11-20-15-8-4-7-14(9-15)17(19)10-18;/h6-12,20H,5,13-14H2,1-4H3;3-9H,10-11H2,1-2H3;1H4. The van der Waals surface area contributed by atoms with Crippen LogP contribution in [0.25, 0.3) is 0 Å². The number of carbonyl (C=O) groups is 4. The summed E-state index contributed by atoms with van der Waals surface area (Å²) in [5.41, 5.74) is 8.10. The van der Waals surface area contributed by atoms with E-state index in [1.807, 2.05) is 50.2 Å². The fourth-order valence-corrected chi connectivity index (χ4v) is 5.32. The Kier molecular flexibility index (Phi) is 16.6. The van der Waals surface area contributed by atoms with Gasteiger partial charge in [-0.1, -0.05) is 84.0 Å². The summed E-state index contributed by atoms with van der Waals surface area (Å²) in [5.74, 6) is -1.08. The van der Waals surface area contributed by atoms with Crippen molar-refractivity contribution in [3.63, 3.8) is 0 Å². The number of alkyl halides is 1. The summed E-state index contributed by atoms with van der Waals surface area (Å²) in [5, 5.41) is 0.327. The molecule has 4 aromatic carbocycles. The second kappa shape index (κ2) is 20.1. The number of hydrogen-bond acceptors (Lipinski definition) is 7. The van der Waals surface area contributed by atoms with Gasteiger partial charge in [0.15, 0.2) is 11.6 Å². The van der Waals surface area contributed by atoms with Crippen LogP contribution >= 0.6 is 15.9 Å². The summed E-state index contributed by atoms with van der Waals surface area (Å²) in [7, 11) is 0. The molecule has 1 unspecified atom stereocenters. The molecule has 4 aromatic rings. The van der Waals surface area contributed by atoms with Gasteiger partial charge in [0.1, 0.15) is 36.4 Å². The highest BCUT2D eigenvalue weighted by molar-refractivity contribution is 9.09. The molecular weight excluding hydrogens is 684 g/mol. The molecule has 0 aliphatic rings. The minimum Gasteiger partial charge on any atom is -0.489 e.